The molecule has 0 fully saturated rings. The molecule has 0 saturated carbocycles. The highest BCUT2D eigenvalue weighted by Gasteiger charge is 2.18. The van der Waals surface area contributed by atoms with Crippen molar-refractivity contribution in [2.75, 3.05) is 13.7 Å². The molecule has 0 bridgehead atoms. The maximum atomic E-state index is 13.8. The van der Waals surface area contributed by atoms with Crippen LogP contribution in [0.4, 0.5) is 4.39 Å². The molecule has 1 N–H and O–H groups in total. The summed E-state index contributed by atoms with van der Waals surface area (Å²) in [7, 11) is 1.68. The molecule has 4 heteroatoms. The van der Waals surface area contributed by atoms with Gasteiger partial charge in [-0.1, -0.05) is 35.8 Å². The molecule has 1 rings (SSSR count). The van der Waals surface area contributed by atoms with E-state index in [2.05, 4.69) is 35.1 Å². The Morgan fingerprint density at radius 2 is 2.00 bits per heavy atom. The molecule has 2 unspecified atom stereocenters. The normalized spacial score (nSPS) is 14.8. The molecule has 0 aliphatic rings. The molecule has 0 saturated heterocycles. The summed E-state index contributed by atoms with van der Waals surface area (Å²) in [5, 5.41) is 3.41. The Morgan fingerprint density at radius 3 is 2.50 bits per heavy atom. The van der Waals surface area contributed by atoms with E-state index in [9.17, 15) is 4.39 Å². The van der Waals surface area contributed by atoms with Crippen LogP contribution in [0.1, 0.15) is 32.4 Å². The third kappa shape index (κ3) is 4.34. The molecule has 0 aliphatic heterocycles. The molecule has 0 spiro atoms. The molecule has 2 atom stereocenters. The standard InChI is InChI=1S/C14H21BrFNO/c1-9(2)14(8-18-4)17-10(3)12-6-5-11(15)7-13(12)16/h5-7,9-10,14,17H,8H2,1-4H3. The monoisotopic (exact) mass is 317 g/mol. The largest absolute Gasteiger partial charge is 0.383 e. The highest BCUT2D eigenvalue weighted by atomic mass is 79.9. The minimum atomic E-state index is -0.190. The summed E-state index contributed by atoms with van der Waals surface area (Å²) in [4.78, 5) is 0. The number of benzene rings is 1. The van der Waals surface area contributed by atoms with Gasteiger partial charge in [-0.05, 0) is 25.0 Å². The van der Waals surface area contributed by atoms with Gasteiger partial charge in [0.25, 0.3) is 0 Å². The van der Waals surface area contributed by atoms with E-state index < -0.39 is 0 Å². The summed E-state index contributed by atoms with van der Waals surface area (Å²) in [5.41, 5.74) is 0.681. The van der Waals surface area contributed by atoms with Gasteiger partial charge in [0.15, 0.2) is 0 Å². The van der Waals surface area contributed by atoms with Gasteiger partial charge < -0.3 is 10.1 Å². The predicted octanol–water partition coefficient (Wildman–Crippen LogP) is 3.91. The van der Waals surface area contributed by atoms with Gasteiger partial charge in [-0.25, -0.2) is 4.39 Å². The Labute approximate surface area is 117 Å². The van der Waals surface area contributed by atoms with Crippen LogP contribution in [0, 0.1) is 11.7 Å². The molecule has 18 heavy (non-hydrogen) atoms. The topological polar surface area (TPSA) is 21.3 Å². The fraction of sp³-hybridized carbons (Fsp3) is 0.571. The first-order valence-corrected chi connectivity index (χ1v) is 6.95. The lowest BCUT2D eigenvalue weighted by molar-refractivity contribution is 0.141. The zero-order valence-corrected chi connectivity index (χ0v) is 12.9. The second-order valence-corrected chi connectivity index (χ2v) is 5.78. The smallest absolute Gasteiger partial charge is 0.129 e. The van der Waals surface area contributed by atoms with Crippen molar-refractivity contribution in [3.63, 3.8) is 0 Å². The minimum absolute atomic E-state index is 0.0411. The van der Waals surface area contributed by atoms with Crippen LogP contribution in [-0.4, -0.2) is 19.8 Å². The molecular formula is C14H21BrFNO. The van der Waals surface area contributed by atoms with Crippen molar-refractivity contribution < 1.29 is 9.13 Å². The number of nitrogens with one attached hydrogen (secondary N) is 1. The third-order valence-corrected chi connectivity index (χ3v) is 3.54. The van der Waals surface area contributed by atoms with Gasteiger partial charge in [0.2, 0.25) is 0 Å². The first-order chi connectivity index (χ1) is 8.45. The quantitative estimate of drug-likeness (QED) is 0.859. The summed E-state index contributed by atoms with van der Waals surface area (Å²) >= 11 is 3.26. The van der Waals surface area contributed by atoms with Crippen molar-refractivity contribution in [1.29, 1.82) is 0 Å². The van der Waals surface area contributed by atoms with E-state index in [1.165, 1.54) is 6.07 Å². The predicted molar refractivity (Wildman–Crippen MR) is 76.2 cm³/mol. The second-order valence-electron chi connectivity index (χ2n) is 4.86. The van der Waals surface area contributed by atoms with Crippen LogP contribution in [-0.2, 0) is 4.74 Å². The Bertz CT molecular complexity index is 384. The number of hydrogen-bond acceptors (Lipinski definition) is 2. The average molecular weight is 318 g/mol. The van der Waals surface area contributed by atoms with Crippen LogP contribution in [0.2, 0.25) is 0 Å². The van der Waals surface area contributed by atoms with Crippen LogP contribution in [0.5, 0.6) is 0 Å². The molecular weight excluding hydrogens is 297 g/mol. The Balaban J connectivity index is 2.76. The van der Waals surface area contributed by atoms with E-state index in [1.807, 2.05) is 13.0 Å². The Morgan fingerprint density at radius 1 is 1.33 bits per heavy atom. The molecule has 0 aromatic heterocycles. The van der Waals surface area contributed by atoms with E-state index in [-0.39, 0.29) is 17.9 Å². The SMILES string of the molecule is COCC(NC(C)c1ccc(Br)cc1F)C(C)C. The van der Waals surface area contributed by atoms with Crippen LogP contribution in [0.3, 0.4) is 0 Å². The van der Waals surface area contributed by atoms with E-state index in [1.54, 1.807) is 13.2 Å². The van der Waals surface area contributed by atoms with Gasteiger partial charge in [0.05, 0.1) is 6.61 Å². The van der Waals surface area contributed by atoms with Crippen molar-refractivity contribution in [1.82, 2.24) is 5.32 Å². The van der Waals surface area contributed by atoms with Crippen LogP contribution in [0.15, 0.2) is 22.7 Å². The van der Waals surface area contributed by atoms with E-state index in [0.717, 1.165) is 4.47 Å². The van der Waals surface area contributed by atoms with Crippen LogP contribution >= 0.6 is 15.9 Å². The van der Waals surface area contributed by atoms with Crippen molar-refractivity contribution >= 4 is 15.9 Å². The minimum Gasteiger partial charge on any atom is -0.383 e. The number of ether oxygens (including phenoxy) is 1. The van der Waals surface area contributed by atoms with E-state index in [0.29, 0.717) is 18.1 Å². The van der Waals surface area contributed by atoms with Crippen molar-refractivity contribution in [2.24, 2.45) is 5.92 Å². The molecule has 0 heterocycles. The summed E-state index contributed by atoms with van der Waals surface area (Å²) in [6.45, 7) is 6.85. The first kappa shape index (κ1) is 15.6. The number of rotatable bonds is 6. The lowest BCUT2D eigenvalue weighted by atomic mass is 10.0. The number of methoxy groups -OCH3 is 1. The zero-order valence-electron chi connectivity index (χ0n) is 11.3. The van der Waals surface area contributed by atoms with Crippen molar-refractivity contribution in [3.05, 3.63) is 34.1 Å². The molecule has 0 amide bonds. The molecule has 1 aromatic rings. The molecule has 1 aromatic carbocycles. The van der Waals surface area contributed by atoms with Crippen LogP contribution in [0.25, 0.3) is 0 Å². The van der Waals surface area contributed by atoms with Gasteiger partial charge in [0.1, 0.15) is 5.82 Å². The first-order valence-electron chi connectivity index (χ1n) is 6.15. The lowest BCUT2D eigenvalue weighted by Crippen LogP contribution is -2.39. The second kappa shape index (κ2) is 7.22. The Hall–Kier alpha value is -0.450. The molecule has 2 nitrogen and oxygen atoms in total. The zero-order chi connectivity index (χ0) is 13.7. The average Bonchev–Trinajstić information content (AvgIpc) is 2.27. The third-order valence-electron chi connectivity index (χ3n) is 3.04. The molecule has 0 aliphatic carbocycles. The fourth-order valence-corrected chi connectivity index (χ4v) is 2.21. The van der Waals surface area contributed by atoms with E-state index in [4.69, 9.17) is 4.74 Å². The van der Waals surface area contributed by atoms with E-state index >= 15 is 0 Å². The number of hydrogen-bond donors (Lipinski definition) is 1. The molecule has 0 radical (unpaired) electrons. The van der Waals surface area contributed by atoms with Gasteiger partial charge in [-0.15, -0.1) is 0 Å². The summed E-state index contributed by atoms with van der Waals surface area (Å²) < 4.78 is 19.8. The number of halogens is 2. The Kier molecular flexibility index (Phi) is 6.26. The van der Waals surface area contributed by atoms with Crippen molar-refractivity contribution in [3.8, 4) is 0 Å². The van der Waals surface area contributed by atoms with Gasteiger partial charge >= 0.3 is 0 Å². The fourth-order valence-electron chi connectivity index (χ4n) is 1.88. The summed E-state index contributed by atoms with van der Waals surface area (Å²) in [6, 6.07) is 5.33. The summed E-state index contributed by atoms with van der Waals surface area (Å²) in [6.07, 6.45) is 0. The summed E-state index contributed by atoms with van der Waals surface area (Å²) in [5.74, 6) is 0.246. The van der Waals surface area contributed by atoms with Gasteiger partial charge in [-0.3, -0.25) is 0 Å². The lowest BCUT2D eigenvalue weighted by Gasteiger charge is -2.26. The maximum absolute atomic E-state index is 13.8. The highest BCUT2D eigenvalue weighted by molar-refractivity contribution is 9.10. The maximum Gasteiger partial charge on any atom is 0.129 e. The van der Waals surface area contributed by atoms with Crippen LogP contribution < -0.4 is 5.32 Å². The highest BCUT2D eigenvalue weighted by Crippen LogP contribution is 2.22. The van der Waals surface area contributed by atoms with Gasteiger partial charge in [0, 0.05) is 29.2 Å². The van der Waals surface area contributed by atoms with Crippen molar-refractivity contribution in [2.45, 2.75) is 32.9 Å². The molecule has 102 valence electrons. The van der Waals surface area contributed by atoms with Gasteiger partial charge in [-0.2, -0.15) is 0 Å².